The van der Waals surface area contributed by atoms with E-state index in [1.165, 1.54) is 5.56 Å². The number of carbonyl (C=O) groups is 2. The molecule has 1 saturated carbocycles. The van der Waals surface area contributed by atoms with Crippen molar-refractivity contribution in [1.82, 2.24) is 0 Å². The van der Waals surface area contributed by atoms with E-state index in [9.17, 15) is 9.59 Å². The zero-order valence-electron chi connectivity index (χ0n) is 14.5. The Morgan fingerprint density at radius 2 is 1.77 bits per heavy atom. The number of furan rings is 1. The lowest BCUT2D eigenvalue weighted by atomic mass is 10.1. The van der Waals surface area contributed by atoms with E-state index >= 15 is 0 Å². The second-order valence-corrected chi connectivity index (χ2v) is 6.57. The van der Waals surface area contributed by atoms with Crippen molar-refractivity contribution in [2.24, 2.45) is 5.92 Å². The lowest BCUT2D eigenvalue weighted by molar-refractivity contribution is -0.117. The van der Waals surface area contributed by atoms with Crippen LogP contribution in [0.5, 0.6) is 0 Å². The van der Waals surface area contributed by atoms with Gasteiger partial charge in [0.15, 0.2) is 0 Å². The summed E-state index contributed by atoms with van der Waals surface area (Å²) in [5.41, 5.74) is 2.90. The highest BCUT2D eigenvalue weighted by molar-refractivity contribution is 6.14. The number of nitrogens with one attached hydrogen (secondary N) is 2. The van der Waals surface area contributed by atoms with Crippen LogP contribution in [0, 0.1) is 5.92 Å². The van der Waals surface area contributed by atoms with Crippen molar-refractivity contribution in [3.05, 3.63) is 59.9 Å². The van der Waals surface area contributed by atoms with Gasteiger partial charge in [-0.25, -0.2) is 0 Å². The summed E-state index contributed by atoms with van der Waals surface area (Å²) in [7, 11) is 0. The molecule has 0 radical (unpaired) electrons. The Balaban J connectivity index is 1.65. The van der Waals surface area contributed by atoms with Gasteiger partial charge in [-0.1, -0.05) is 31.2 Å². The van der Waals surface area contributed by atoms with E-state index in [-0.39, 0.29) is 23.5 Å². The van der Waals surface area contributed by atoms with Crippen LogP contribution < -0.4 is 10.6 Å². The van der Waals surface area contributed by atoms with Crippen LogP contribution in [-0.2, 0) is 11.2 Å². The van der Waals surface area contributed by atoms with Crippen LogP contribution in [0.15, 0.2) is 52.9 Å². The first kappa shape index (κ1) is 16.4. The van der Waals surface area contributed by atoms with E-state index in [4.69, 9.17) is 4.42 Å². The number of para-hydroxylation sites is 1. The second kappa shape index (κ2) is 6.67. The quantitative estimate of drug-likeness (QED) is 0.708. The maximum atomic E-state index is 12.8. The molecule has 4 rings (SSSR count). The number of amides is 2. The van der Waals surface area contributed by atoms with Gasteiger partial charge in [-0.15, -0.1) is 0 Å². The molecule has 1 heterocycles. The third-order valence-corrected chi connectivity index (χ3v) is 4.62. The van der Waals surface area contributed by atoms with Crippen molar-refractivity contribution >= 4 is 34.2 Å². The zero-order chi connectivity index (χ0) is 18.1. The van der Waals surface area contributed by atoms with Crippen LogP contribution in [0.1, 0.15) is 35.9 Å². The molecule has 5 heteroatoms. The third-order valence-electron chi connectivity index (χ3n) is 4.62. The Hall–Kier alpha value is -3.08. The van der Waals surface area contributed by atoms with Crippen molar-refractivity contribution in [2.75, 3.05) is 10.6 Å². The fraction of sp³-hybridized carbons (Fsp3) is 0.238. The van der Waals surface area contributed by atoms with Gasteiger partial charge in [0.05, 0.1) is 0 Å². The summed E-state index contributed by atoms with van der Waals surface area (Å²) >= 11 is 0. The highest BCUT2D eigenvalue weighted by Gasteiger charge is 2.32. The molecule has 0 spiro atoms. The summed E-state index contributed by atoms with van der Waals surface area (Å²) in [6.07, 6.45) is 2.73. The smallest absolute Gasteiger partial charge is 0.293 e. The summed E-state index contributed by atoms with van der Waals surface area (Å²) in [4.78, 5) is 25.0. The zero-order valence-corrected chi connectivity index (χ0v) is 14.5. The minimum Gasteiger partial charge on any atom is -0.449 e. The molecule has 0 aliphatic heterocycles. The molecule has 1 aliphatic rings. The Kier molecular flexibility index (Phi) is 4.21. The maximum absolute atomic E-state index is 12.8. The normalized spacial score (nSPS) is 13.6. The minimum atomic E-state index is -0.378. The molecule has 5 nitrogen and oxygen atoms in total. The molecule has 0 saturated heterocycles. The minimum absolute atomic E-state index is 0.0427. The first-order valence-electron chi connectivity index (χ1n) is 8.88. The van der Waals surface area contributed by atoms with Crippen molar-refractivity contribution in [1.29, 1.82) is 0 Å². The molecule has 0 atom stereocenters. The van der Waals surface area contributed by atoms with Crippen LogP contribution in [0.3, 0.4) is 0 Å². The molecule has 1 aromatic heterocycles. The molecule has 26 heavy (non-hydrogen) atoms. The van der Waals surface area contributed by atoms with Crippen molar-refractivity contribution in [2.45, 2.75) is 26.2 Å². The first-order valence-corrected chi connectivity index (χ1v) is 8.88. The number of anilines is 2. The Bertz CT molecular complexity index is 969. The van der Waals surface area contributed by atoms with E-state index in [1.807, 2.05) is 42.5 Å². The highest BCUT2D eigenvalue weighted by atomic mass is 16.3. The molecule has 1 fully saturated rings. The van der Waals surface area contributed by atoms with E-state index in [0.29, 0.717) is 17.0 Å². The monoisotopic (exact) mass is 348 g/mol. The molecule has 0 unspecified atom stereocenters. The van der Waals surface area contributed by atoms with Crippen LogP contribution in [0.4, 0.5) is 11.4 Å². The predicted molar refractivity (Wildman–Crippen MR) is 101 cm³/mol. The SMILES string of the molecule is CCc1ccc(NC(=O)c2oc3ccccc3c2NC(=O)C2CC2)cc1. The number of hydrogen-bond donors (Lipinski definition) is 2. The molecule has 2 amide bonds. The maximum Gasteiger partial charge on any atom is 0.293 e. The van der Waals surface area contributed by atoms with Gasteiger partial charge in [-0.05, 0) is 49.1 Å². The van der Waals surface area contributed by atoms with Gasteiger partial charge in [0.2, 0.25) is 11.7 Å². The van der Waals surface area contributed by atoms with Gasteiger partial charge in [-0.2, -0.15) is 0 Å². The van der Waals surface area contributed by atoms with E-state index in [2.05, 4.69) is 17.6 Å². The lowest BCUT2D eigenvalue weighted by Crippen LogP contribution is -2.18. The average Bonchev–Trinajstić information content (AvgIpc) is 3.45. The number of hydrogen-bond acceptors (Lipinski definition) is 3. The van der Waals surface area contributed by atoms with Gasteiger partial charge < -0.3 is 15.1 Å². The van der Waals surface area contributed by atoms with Gasteiger partial charge >= 0.3 is 0 Å². The summed E-state index contributed by atoms with van der Waals surface area (Å²) in [5.74, 6) is -0.268. The summed E-state index contributed by atoms with van der Waals surface area (Å²) < 4.78 is 5.75. The Morgan fingerprint density at radius 3 is 2.46 bits per heavy atom. The third kappa shape index (κ3) is 3.20. The summed E-state index contributed by atoms with van der Waals surface area (Å²) in [6.45, 7) is 2.08. The van der Waals surface area contributed by atoms with Crippen molar-refractivity contribution in [3.63, 3.8) is 0 Å². The highest BCUT2D eigenvalue weighted by Crippen LogP contribution is 2.35. The number of aryl methyl sites for hydroxylation is 1. The number of fused-ring (bicyclic) bond motifs is 1. The lowest BCUT2D eigenvalue weighted by Gasteiger charge is -2.07. The van der Waals surface area contributed by atoms with Gasteiger partial charge in [0.1, 0.15) is 11.3 Å². The number of carbonyl (C=O) groups excluding carboxylic acids is 2. The molecule has 3 aromatic rings. The standard InChI is InChI=1S/C21H20N2O3/c1-2-13-7-11-15(12-8-13)22-21(25)19-18(23-20(24)14-9-10-14)16-5-3-4-6-17(16)26-19/h3-8,11-12,14H,2,9-10H2,1H3,(H,22,25)(H,23,24). The Labute approximate surface area is 151 Å². The van der Waals surface area contributed by atoms with Crippen LogP contribution in [0.2, 0.25) is 0 Å². The number of benzene rings is 2. The van der Waals surface area contributed by atoms with E-state index in [1.54, 1.807) is 6.07 Å². The molecule has 0 bridgehead atoms. The van der Waals surface area contributed by atoms with Crippen LogP contribution in [-0.4, -0.2) is 11.8 Å². The molecular weight excluding hydrogens is 328 g/mol. The van der Waals surface area contributed by atoms with E-state index in [0.717, 1.165) is 24.6 Å². The van der Waals surface area contributed by atoms with Crippen molar-refractivity contribution in [3.8, 4) is 0 Å². The molecule has 1 aliphatic carbocycles. The molecule has 2 N–H and O–H groups in total. The second-order valence-electron chi connectivity index (χ2n) is 6.57. The summed E-state index contributed by atoms with van der Waals surface area (Å²) in [6, 6.07) is 15.0. The van der Waals surface area contributed by atoms with Gasteiger partial charge in [-0.3, -0.25) is 9.59 Å². The molecule has 2 aromatic carbocycles. The molecular formula is C21H20N2O3. The van der Waals surface area contributed by atoms with Crippen molar-refractivity contribution < 1.29 is 14.0 Å². The van der Waals surface area contributed by atoms with Crippen LogP contribution >= 0.6 is 0 Å². The van der Waals surface area contributed by atoms with Gasteiger partial charge in [0, 0.05) is 17.0 Å². The fourth-order valence-corrected chi connectivity index (χ4v) is 2.91. The predicted octanol–water partition coefficient (Wildman–Crippen LogP) is 4.60. The number of rotatable bonds is 5. The average molecular weight is 348 g/mol. The Morgan fingerprint density at radius 1 is 1.04 bits per heavy atom. The largest absolute Gasteiger partial charge is 0.449 e. The van der Waals surface area contributed by atoms with E-state index < -0.39 is 0 Å². The van der Waals surface area contributed by atoms with Gasteiger partial charge in [0.25, 0.3) is 5.91 Å². The fourth-order valence-electron chi connectivity index (χ4n) is 2.91. The van der Waals surface area contributed by atoms with Crippen LogP contribution in [0.25, 0.3) is 11.0 Å². The first-order chi connectivity index (χ1) is 12.7. The topological polar surface area (TPSA) is 71.3 Å². The summed E-state index contributed by atoms with van der Waals surface area (Å²) in [5, 5.41) is 6.46. The molecule has 132 valence electrons.